The minimum Gasteiger partial charge on any atom is -0.386 e. The summed E-state index contributed by atoms with van der Waals surface area (Å²) in [6, 6.07) is 7.08. The normalized spacial score (nSPS) is 15.4. The third-order valence-corrected chi connectivity index (χ3v) is 2.74. The van der Waals surface area contributed by atoms with E-state index in [1.165, 1.54) is 0 Å². The Bertz CT molecular complexity index is 359. The number of rotatable bonds is 5. The molecule has 102 valence electrons. The van der Waals surface area contributed by atoms with Gasteiger partial charge in [0.1, 0.15) is 6.10 Å². The van der Waals surface area contributed by atoms with E-state index in [-0.39, 0.29) is 6.61 Å². The average molecular weight is 262 g/mol. The van der Waals surface area contributed by atoms with E-state index in [1.54, 1.807) is 12.1 Å². The minimum atomic E-state index is -4.40. The van der Waals surface area contributed by atoms with Crippen molar-refractivity contribution >= 4 is 0 Å². The second kappa shape index (κ2) is 6.20. The van der Waals surface area contributed by atoms with E-state index in [2.05, 4.69) is 4.74 Å². The van der Waals surface area contributed by atoms with E-state index in [0.717, 1.165) is 18.9 Å². The van der Waals surface area contributed by atoms with Crippen LogP contribution in [-0.2, 0) is 11.2 Å². The number of aliphatic hydroxyl groups excluding tert-OH is 1. The second-order valence-corrected chi connectivity index (χ2v) is 4.13. The molecule has 0 aliphatic rings. The fourth-order valence-electron chi connectivity index (χ4n) is 1.40. The number of alkyl halides is 3. The molecule has 0 amide bonds. The Morgan fingerprint density at radius 3 is 2.22 bits per heavy atom. The van der Waals surface area contributed by atoms with Gasteiger partial charge in [-0.15, -0.1) is 0 Å². The molecular weight excluding hydrogens is 245 g/mol. The summed E-state index contributed by atoms with van der Waals surface area (Å²) in [4.78, 5) is 0. The predicted molar refractivity (Wildman–Crippen MR) is 62.2 cm³/mol. The molecule has 0 aliphatic heterocycles. The third kappa shape index (κ3) is 4.31. The van der Waals surface area contributed by atoms with E-state index >= 15 is 0 Å². The highest BCUT2D eigenvalue weighted by Gasteiger charge is 2.37. The quantitative estimate of drug-likeness (QED) is 0.882. The van der Waals surface area contributed by atoms with Gasteiger partial charge >= 0.3 is 6.18 Å². The van der Waals surface area contributed by atoms with Crippen LogP contribution in [0.5, 0.6) is 0 Å². The molecule has 5 heteroatoms. The van der Waals surface area contributed by atoms with Crippen LogP contribution < -0.4 is 0 Å². The SMILES string of the molecule is CCc1ccc(C(O)COC(C)C(F)(F)F)cc1. The zero-order valence-electron chi connectivity index (χ0n) is 10.4. The Morgan fingerprint density at radius 1 is 1.22 bits per heavy atom. The summed E-state index contributed by atoms with van der Waals surface area (Å²) in [5.41, 5.74) is 1.66. The van der Waals surface area contributed by atoms with Gasteiger partial charge in [0.25, 0.3) is 0 Å². The van der Waals surface area contributed by atoms with Crippen LogP contribution in [-0.4, -0.2) is 24.0 Å². The molecule has 0 radical (unpaired) electrons. The van der Waals surface area contributed by atoms with Gasteiger partial charge in [-0.1, -0.05) is 31.2 Å². The minimum absolute atomic E-state index is 0.369. The molecule has 18 heavy (non-hydrogen) atoms. The molecule has 2 unspecified atom stereocenters. The van der Waals surface area contributed by atoms with E-state index in [4.69, 9.17) is 0 Å². The molecule has 1 rings (SSSR count). The van der Waals surface area contributed by atoms with E-state index in [0.29, 0.717) is 5.56 Å². The molecule has 0 spiro atoms. The van der Waals surface area contributed by atoms with E-state index in [1.807, 2.05) is 19.1 Å². The molecule has 1 N–H and O–H groups in total. The molecule has 0 fully saturated rings. The Labute approximate surface area is 104 Å². The van der Waals surface area contributed by atoms with Gasteiger partial charge in [0.2, 0.25) is 0 Å². The van der Waals surface area contributed by atoms with Crippen LogP contribution in [0.1, 0.15) is 31.1 Å². The maximum Gasteiger partial charge on any atom is 0.414 e. The number of aliphatic hydroxyl groups is 1. The van der Waals surface area contributed by atoms with Crippen LogP contribution in [0.2, 0.25) is 0 Å². The zero-order chi connectivity index (χ0) is 13.8. The van der Waals surface area contributed by atoms with Crippen molar-refractivity contribution in [3.8, 4) is 0 Å². The van der Waals surface area contributed by atoms with Crippen molar-refractivity contribution in [2.45, 2.75) is 38.7 Å². The lowest BCUT2D eigenvalue weighted by Gasteiger charge is -2.19. The van der Waals surface area contributed by atoms with E-state index in [9.17, 15) is 18.3 Å². The maximum absolute atomic E-state index is 12.2. The molecule has 0 saturated carbocycles. The molecule has 1 aromatic carbocycles. The number of halogens is 3. The lowest BCUT2D eigenvalue weighted by molar-refractivity contribution is -0.219. The van der Waals surface area contributed by atoms with Crippen molar-refractivity contribution in [2.24, 2.45) is 0 Å². The van der Waals surface area contributed by atoms with Gasteiger partial charge in [0.05, 0.1) is 6.61 Å². The summed E-state index contributed by atoms with van der Waals surface area (Å²) < 4.78 is 41.2. The first-order valence-electron chi connectivity index (χ1n) is 5.79. The smallest absolute Gasteiger partial charge is 0.386 e. The van der Waals surface area contributed by atoms with Crippen molar-refractivity contribution in [1.29, 1.82) is 0 Å². The van der Waals surface area contributed by atoms with Crippen LogP contribution in [0.4, 0.5) is 13.2 Å². The second-order valence-electron chi connectivity index (χ2n) is 4.13. The van der Waals surface area contributed by atoms with Crippen molar-refractivity contribution in [3.63, 3.8) is 0 Å². The molecule has 0 aliphatic carbocycles. The van der Waals surface area contributed by atoms with Gasteiger partial charge in [-0.05, 0) is 24.5 Å². The molecular formula is C13H17F3O2. The predicted octanol–water partition coefficient (Wildman–Crippen LogP) is 3.25. The van der Waals surface area contributed by atoms with Crippen LogP contribution in [0, 0.1) is 0 Å². The molecule has 0 aromatic heterocycles. The van der Waals surface area contributed by atoms with E-state index < -0.39 is 18.4 Å². The summed E-state index contributed by atoms with van der Waals surface area (Å²) in [5, 5.41) is 9.71. The van der Waals surface area contributed by atoms with Crippen LogP contribution >= 0.6 is 0 Å². The summed E-state index contributed by atoms with van der Waals surface area (Å²) in [6.45, 7) is 2.55. The Kier molecular flexibility index (Phi) is 5.16. The first kappa shape index (κ1) is 15.0. The lowest BCUT2D eigenvalue weighted by Crippen LogP contribution is -2.30. The Hall–Kier alpha value is -1.07. The van der Waals surface area contributed by atoms with Crippen LogP contribution in [0.15, 0.2) is 24.3 Å². The highest BCUT2D eigenvalue weighted by atomic mass is 19.4. The summed E-state index contributed by atoms with van der Waals surface area (Å²) in [5.74, 6) is 0. The van der Waals surface area contributed by atoms with Gasteiger partial charge in [-0.3, -0.25) is 0 Å². The lowest BCUT2D eigenvalue weighted by atomic mass is 10.1. The number of ether oxygens (including phenoxy) is 1. The maximum atomic E-state index is 12.2. The van der Waals surface area contributed by atoms with Gasteiger partial charge in [-0.2, -0.15) is 13.2 Å². The van der Waals surface area contributed by atoms with Crippen LogP contribution in [0.3, 0.4) is 0 Å². The first-order valence-corrected chi connectivity index (χ1v) is 5.79. The topological polar surface area (TPSA) is 29.5 Å². The fraction of sp³-hybridized carbons (Fsp3) is 0.538. The Morgan fingerprint density at radius 2 is 1.78 bits per heavy atom. The monoisotopic (exact) mass is 262 g/mol. The molecule has 1 aromatic rings. The highest BCUT2D eigenvalue weighted by Crippen LogP contribution is 2.24. The van der Waals surface area contributed by atoms with Gasteiger partial charge in [0.15, 0.2) is 6.10 Å². The molecule has 0 bridgehead atoms. The van der Waals surface area contributed by atoms with Gasteiger partial charge in [0, 0.05) is 0 Å². The molecule has 0 saturated heterocycles. The fourth-order valence-corrected chi connectivity index (χ4v) is 1.40. The standard InChI is InChI=1S/C13H17F3O2/c1-3-10-4-6-11(7-5-10)12(17)8-18-9(2)13(14,15)16/h4-7,9,12,17H,3,8H2,1-2H3. The first-order chi connectivity index (χ1) is 8.34. The molecule has 0 heterocycles. The number of hydrogen-bond acceptors (Lipinski definition) is 2. The van der Waals surface area contributed by atoms with Crippen molar-refractivity contribution < 1.29 is 23.0 Å². The average Bonchev–Trinajstić information content (AvgIpc) is 2.34. The van der Waals surface area contributed by atoms with Crippen molar-refractivity contribution in [3.05, 3.63) is 35.4 Å². The molecule has 2 atom stereocenters. The highest BCUT2D eigenvalue weighted by molar-refractivity contribution is 5.24. The largest absolute Gasteiger partial charge is 0.414 e. The Balaban J connectivity index is 2.52. The van der Waals surface area contributed by atoms with Gasteiger partial charge in [-0.25, -0.2) is 0 Å². The number of benzene rings is 1. The summed E-state index contributed by atoms with van der Waals surface area (Å²) in [7, 11) is 0. The van der Waals surface area contributed by atoms with Gasteiger partial charge < -0.3 is 9.84 Å². The van der Waals surface area contributed by atoms with Crippen molar-refractivity contribution in [2.75, 3.05) is 6.61 Å². The number of aryl methyl sites for hydroxylation is 1. The molecule has 2 nitrogen and oxygen atoms in total. The number of hydrogen-bond donors (Lipinski definition) is 1. The zero-order valence-corrected chi connectivity index (χ0v) is 10.4. The van der Waals surface area contributed by atoms with Crippen molar-refractivity contribution in [1.82, 2.24) is 0 Å². The summed E-state index contributed by atoms with van der Waals surface area (Å²) in [6.07, 6.45) is -6.44. The van der Waals surface area contributed by atoms with Crippen LogP contribution in [0.25, 0.3) is 0 Å². The third-order valence-electron chi connectivity index (χ3n) is 2.74. The summed E-state index contributed by atoms with van der Waals surface area (Å²) >= 11 is 0.